The average molecular weight is 296 g/mol. The molecule has 1 heterocycles. The number of hydrogen-bond acceptors (Lipinski definition) is 2. The van der Waals surface area contributed by atoms with Crippen LogP contribution < -0.4 is 0 Å². The van der Waals surface area contributed by atoms with Crippen LogP contribution in [0.5, 0.6) is 0 Å². The van der Waals surface area contributed by atoms with Crippen molar-refractivity contribution >= 4 is 15.9 Å². The highest BCUT2D eigenvalue weighted by atomic mass is 79.9. The largest absolute Gasteiger partial charge is 0.384 e. The molecule has 1 N–H and O–H groups in total. The molecule has 0 aliphatic heterocycles. The number of nitrogens with zero attached hydrogens (tertiary/aromatic N) is 1. The van der Waals surface area contributed by atoms with Crippen molar-refractivity contribution in [2.24, 2.45) is 0 Å². The third-order valence-electron chi connectivity index (χ3n) is 2.63. The van der Waals surface area contributed by atoms with Gasteiger partial charge in [-0.3, -0.25) is 4.98 Å². The van der Waals surface area contributed by atoms with Crippen molar-refractivity contribution < 1.29 is 9.50 Å². The molecule has 0 saturated heterocycles. The summed E-state index contributed by atoms with van der Waals surface area (Å²) in [5, 5.41) is 10.2. The van der Waals surface area contributed by atoms with E-state index in [2.05, 4.69) is 20.9 Å². The van der Waals surface area contributed by atoms with Crippen LogP contribution in [0.3, 0.4) is 0 Å². The first kappa shape index (κ1) is 12.2. The molecule has 1 atom stereocenters. The van der Waals surface area contributed by atoms with Gasteiger partial charge in [-0.15, -0.1) is 0 Å². The minimum Gasteiger partial charge on any atom is -0.384 e. The van der Waals surface area contributed by atoms with Crippen molar-refractivity contribution in [1.29, 1.82) is 0 Å². The van der Waals surface area contributed by atoms with Gasteiger partial charge in [0.05, 0.1) is 6.20 Å². The maximum atomic E-state index is 13.5. The van der Waals surface area contributed by atoms with E-state index >= 15 is 0 Å². The molecule has 0 fully saturated rings. The Morgan fingerprint density at radius 1 is 1.29 bits per heavy atom. The van der Waals surface area contributed by atoms with Gasteiger partial charge in [-0.05, 0) is 36.2 Å². The van der Waals surface area contributed by atoms with E-state index in [1.54, 1.807) is 6.07 Å². The van der Waals surface area contributed by atoms with E-state index in [1.165, 1.54) is 12.3 Å². The highest BCUT2D eigenvalue weighted by Crippen LogP contribution is 2.28. The van der Waals surface area contributed by atoms with Crippen LogP contribution in [0, 0.1) is 12.7 Å². The van der Waals surface area contributed by atoms with Crippen LogP contribution in [0.25, 0.3) is 0 Å². The molecule has 0 aliphatic rings. The first-order valence-corrected chi connectivity index (χ1v) is 5.92. The van der Waals surface area contributed by atoms with Gasteiger partial charge in [0.25, 0.3) is 0 Å². The number of benzene rings is 1. The van der Waals surface area contributed by atoms with Crippen molar-refractivity contribution in [1.82, 2.24) is 4.98 Å². The highest BCUT2D eigenvalue weighted by molar-refractivity contribution is 9.10. The van der Waals surface area contributed by atoms with Gasteiger partial charge >= 0.3 is 0 Å². The van der Waals surface area contributed by atoms with Gasteiger partial charge in [0.15, 0.2) is 0 Å². The summed E-state index contributed by atoms with van der Waals surface area (Å²) in [6, 6.07) is 7.04. The van der Waals surface area contributed by atoms with Crippen LogP contribution in [-0.2, 0) is 0 Å². The van der Waals surface area contributed by atoms with Crippen molar-refractivity contribution in [3.8, 4) is 0 Å². The SMILES string of the molecule is Cc1ccc(Br)cc1C(O)c1ccncc1F. The Balaban J connectivity index is 2.47. The number of rotatable bonds is 2. The molecule has 2 aromatic rings. The van der Waals surface area contributed by atoms with Gasteiger partial charge in [-0.25, -0.2) is 4.39 Å². The molecule has 0 aliphatic carbocycles. The normalized spacial score (nSPS) is 12.5. The summed E-state index contributed by atoms with van der Waals surface area (Å²) in [5.74, 6) is -0.501. The van der Waals surface area contributed by atoms with Gasteiger partial charge in [0.2, 0.25) is 0 Å². The van der Waals surface area contributed by atoms with Gasteiger partial charge in [-0.1, -0.05) is 22.0 Å². The molecular weight excluding hydrogens is 285 g/mol. The van der Waals surface area contributed by atoms with Crippen LogP contribution in [0.15, 0.2) is 41.1 Å². The number of hydrogen-bond donors (Lipinski definition) is 1. The molecule has 4 heteroatoms. The summed E-state index contributed by atoms with van der Waals surface area (Å²) >= 11 is 3.34. The quantitative estimate of drug-likeness (QED) is 0.921. The lowest BCUT2D eigenvalue weighted by Gasteiger charge is -2.15. The van der Waals surface area contributed by atoms with Gasteiger partial charge in [0.1, 0.15) is 11.9 Å². The van der Waals surface area contributed by atoms with Crippen molar-refractivity contribution in [2.45, 2.75) is 13.0 Å². The Labute approximate surface area is 107 Å². The second-order valence-corrected chi connectivity index (χ2v) is 4.72. The summed E-state index contributed by atoms with van der Waals surface area (Å²) in [4.78, 5) is 3.67. The lowest BCUT2D eigenvalue weighted by Crippen LogP contribution is -2.04. The monoisotopic (exact) mass is 295 g/mol. The van der Waals surface area contributed by atoms with Crippen LogP contribution in [0.2, 0.25) is 0 Å². The van der Waals surface area contributed by atoms with Crippen molar-refractivity contribution in [3.05, 3.63) is 63.6 Å². The number of aliphatic hydroxyl groups is 1. The predicted octanol–water partition coefficient (Wildman–Crippen LogP) is 3.37. The van der Waals surface area contributed by atoms with E-state index in [9.17, 15) is 9.50 Å². The van der Waals surface area contributed by atoms with Gasteiger partial charge in [0, 0.05) is 16.2 Å². The zero-order valence-electron chi connectivity index (χ0n) is 9.19. The fourth-order valence-corrected chi connectivity index (χ4v) is 2.06. The molecule has 0 radical (unpaired) electrons. The second kappa shape index (κ2) is 4.94. The highest BCUT2D eigenvalue weighted by Gasteiger charge is 2.16. The molecule has 0 saturated carbocycles. The number of halogens is 2. The minimum absolute atomic E-state index is 0.237. The summed E-state index contributed by atoms with van der Waals surface area (Å²) < 4.78 is 14.4. The second-order valence-electron chi connectivity index (χ2n) is 3.80. The van der Waals surface area contributed by atoms with E-state index in [0.717, 1.165) is 16.2 Å². The standard InChI is InChI=1S/C13H11BrFNO/c1-8-2-3-9(14)6-11(8)13(17)10-4-5-16-7-12(10)15/h2-7,13,17H,1H3. The molecule has 0 amide bonds. The molecule has 88 valence electrons. The van der Waals surface area contributed by atoms with E-state index in [1.807, 2.05) is 19.1 Å². The molecule has 0 bridgehead atoms. The third-order valence-corrected chi connectivity index (χ3v) is 3.13. The van der Waals surface area contributed by atoms with E-state index in [-0.39, 0.29) is 5.56 Å². The van der Waals surface area contributed by atoms with Crippen molar-refractivity contribution in [3.63, 3.8) is 0 Å². The number of pyridine rings is 1. The first-order chi connectivity index (χ1) is 8.09. The van der Waals surface area contributed by atoms with Crippen molar-refractivity contribution in [2.75, 3.05) is 0 Å². The van der Waals surface area contributed by atoms with E-state index in [0.29, 0.717) is 5.56 Å². The molecule has 1 aromatic heterocycles. The lowest BCUT2D eigenvalue weighted by atomic mass is 9.98. The Hall–Kier alpha value is -1.26. The van der Waals surface area contributed by atoms with Crippen LogP contribution in [0.1, 0.15) is 22.8 Å². The molecule has 2 nitrogen and oxygen atoms in total. The summed E-state index contributed by atoms with van der Waals surface area (Å²) in [6.45, 7) is 1.88. The average Bonchev–Trinajstić information content (AvgIpc) is 2.32. The van der Waals surface area contributed by atoms with Crippen LogP contribution in [-0.4, -0.2) is 10.1 Å². The number of aromatic nitrogens is 1. The fourth-order valence-electron chi connectivity index (χ4n) is 1.68. The molecule has 0 spiro atoms. The molecule has 2 rings (SSSR count). The zero-order chi connectivity index (χ0) is 12.4. The smallest absolute Gasteiger partial charge is 0.147 e. The molecule has 17 heavy (non-hydrogen) atoms. The summed E-state index contributed by atoms with van der Waals surface area (Å²) in [5.41, 5.74) is 1.84. The Bertz CT molecular complexity index is 545. The predicted molar refractivity (Wildman–Crippen MR) is 67.1 cm³/mol. The van der Waals surface area contributed by atoms with Crippen LogP contribution in [0.4, 0.5) is 4.39 Å². The van der Waals surface area contributed by atoms with Gasteiger partial charge < -0.3 is 5.11 Å². The minimum atomic E-state index is -0.976. The molecule has 1 unspecified atom stereocenters. The number of aliphatic hydroxyl groups excluding tert-OH is 1. The summed E-state index contributed by atoms with van der Waals surface area (Å²) in [7, 11) is 0. The van der Waals surface area contributed by atoms with Gasteiger partial charge in [-0.2, -0.15) is 0 Å². The van der Waals surface area contributed by atoms with Crippen LogP contribution >= 0.6 is 15.9 Å². The van der Waals surface area contributed by atoms with E-state index in [4.69, 9.17) is 0 Å². The first-order valence-electron chi connectivity index (χ1n) is 5.13. The topological polar surface area (TPSA) is 33.1 Å². The lowest BCUT2D eigenvalue weighted by molar-refractivity contribution is 0.214. The van der Waals surface area contributed by atoms with E-state index < -0.39 is 11.9 Å². The maximum absolute atomic E-state index is 13.5. The number of aryl methyl sites for hydroxylation is 1. The molecule has 1 aromatic carbocycles. The molecular formula is C13H11BrFNO. The Morgan fingerprint density at radius 3 is 2.76 bits per heavy atom. The fraction of sp³-hybridized carbons (Fsp3) is 0.154. The summed E-state index contributed by atoms with van der Waals surface area (Å²) in [6.07, 6.45) is 1.59. The Morgan fingerprint density at radius 2 is 2.06 bits per heavy atom. The maximum Gasteiger partial charge on any atom is 0.147 e. The zero-order valence-corrected chi connectivity index (χ0v) is 10.8. The Kier molecular flexibility index (Phi) is 3.54. The third kappa shape index (κ3) is 2.53.